The molecule has 2 aromatic rings. The summed E-state index contributed by atoms with van der Waals surface area (Å²) in [5.74, 6) is 0.00248. The average Bonchev–Trinajstić information content (AvgIpc) is 2.72. The molecule has 0 heterocycles. The van der Waals surface area contributed by atoms with Crippen LogP contribution in [0.3, 0.4) is 0 Å². The Labute approximate surface area is 201 Å². The molecule has 2 atom stereocenters. The summed E-state index contributed by atoms with van der Waals surface area (Å²) < 4.78 is 6.71. The Hall–Kier alpha value is -1.51. The van der Waals surface area contributed by atoms with Crippen molar-refractivity contribution in [1.29, 1.82) is 0 Å². The largest absolute Gasteiger partial charge is 0.484 e. The third-order valence-corrected chi connectivity index (χ3v) is 6.16. The minimum atomic E-state index is -0.723. The molecule has 30 heavy (non-hydrogen) atoms. The fourth-order valence-corrected chi connectivity index (χ4v) is 3.54. The summed E-state index contributed by atoms with van der Waals surface area (Å²) in [7, 11) is 0. The van der Waals surface area contributed by atoms with E-state index < -0.39 is 6.04 Å². The molecule has 8 heteroatoms. The summed E-state index contributed by atoms with van der Waals surface area (Å²) in [4.78, 5) is 27.2. The lowest BCUT2D eigenvalue weighted by Gasteiger charge is -2.30. The van der Waals surface area contributed by atoms with Gasteiger partial charge in [-0.3, -0.25) is 9.59 Å². The van der Waals surface area contributed by atoms with Crippen molar-refractivity contribution in [3.05, 3.63) is 61.6 Å². The van der Waals surface area contributed by atoms with Crippen LogP contribution >= 0.6 is 45.8 Å². The van der Waals surface area contributed by atoms with Crippen LogP contribution in [-0.2, 0) is 16.1 Å². The maximum absolute atomic E-state index is 13.0. The maximum atomic E-state index is 13.0. The van der Waals surface area contributed by atoms with Gasteiger partial charge in [-0.15, -0.1) is 0 Å². The average molecular weight is 563 g/mol. The molecule has 5 nitrogen and oxygen atoms in total. The van der Waals surface area contributed by atoms with E-state index in [1.807, 2.05) is 26.0 Å². The van der Waals surface area contributed by atoms with Crippen LogP contribution in [0.15, 0.2) is 42.5 Å². The molecule has 2 aromatic carbocycles. The minimum absolute atomic E-state index is 0.00356. The summed E-state index contributed by atoms with van der Waals surface area (Å²) in [5.41, 5.74) is 0.589. The number of halogens is 3. The molecule has 2 rings (SSSR count). The minimum Gasteiger partial charge on any atom is -0.484 e. The van der Waals surface area contributed by atoms with Crippen molar-refractivity contribution >= 4 is 57.6 Å². The van der Waals surface area contributed by atoms with Gasteiger partial charge in [0.1, 0.15) is 11.8 Å². The Morgan fingerprint density at radius 1 is 1.10 bits per heavy atom. The van der Waals surface area contributed by atoms with Gasteiger partial charge < -0.3 is 15.0 Å². The van der Waals surface area contributed by atoms with Crippen LogP contribution in [0.4, 0.5) is 0 Å². The number of carbonyl (C=O) groups excluding carboxylic acids is 2. The molecule has 0 fully saturated rings. The molecule has 0 aliphatic carbocycles. The molecule has 1 N–H and O–H groups in total. The van der Waals surface area contributed by atoms with Crippen LogP contribution in [0.5, 0.6) is 5.75 Å². The number of hydrogen-bond acceptors (Lipinski definition) is 3. The number of nitrogens with zero attached hydrogens (tertiary/aromatic N) is 1. The predicted molar refractivity (Wildman–Crippen MR) is 129 cm³/mol. The van der Waals surface area contributed by atoms with Gasteiger partial charge in [0.05, 0.1) is 0 Å². The summed E-state index contributed by atoms with van der Waals surface area (Å²) in [6.07, 6.45) is 0.790. The Morgan fingerprint density at radius 2 is 1.70 bits per heavy atom. The topological polar surface area (TPSA) is 58.6 Å². The van der Waals surface area contributed by atoms with Gasteiger partial charge in [0, 0.05) is 31.8 Å². The Bertz CT molecular complexity index is 857. The highest BCUT2D eigenvalue weighted by Crippen LogP contribution is 2.26. The van der Waals surface area contributed by atoms with Gasteiger partial charge in [-0.1, -0.05) is 36.2 Å². The molecule has 162 valence electrons. The first-order chi connectivity index (χ1) is 14.2. The van der Waals surface area contributed by atoms with Gasteiger partial charge in [-0.05, 0) is 79.3 Å². The molecule has 0 aliphatic heterocycles. The standard InChI is InChI=1S/C22H25Cl2IN2O3/c1-4-14(2)26-22(29)15(3)27(12-18-19(23)6-5-7-20(18)24)21(28)13-30-17-10-8-16(25)9-11-17/h5-11,14-15H,4,12-13H2,1-3H3,(H,26,29)/t14-,15+/m1/s1. The van der Waals surface area contributed by atoms with Gasteiger partial charge in [-0.2, -0.15) is 0 Å². The molecule has 2 amide bonds. The van der Waals surface area contributed by atoms with E-state index in [2.05, 4.69) is 27.9 Å². The summed E-state index contributed by atoms with van der Waals surface area (Å²) in [5, 5.41) is 3.80. The highest BCUT2D eigenvalue weighted by molar-refractivity contribution is 14.1. The molecule has 0 saturated carbocycles. The Kier molecular flexibility index (Phi) is 9.71. The smallest absolute Gasteiger partial charge is 0.261 e. The fraction of sp³-hybridized carbons (Fsp3) is 0.364. The van der Waals surface area contributed by atoms with Gasteiger partial charge in [0.15, 0.2) is 6.61 Å². The quantitative estimate of drug-likeness (QED) is 0.421. The van der Waals surface area contributed by atoms with Gasteiger partial charge >= 0.3 is 0 Å². The van der Waals surface area contributed by atoms with Crippen molar-refractivity contribution in [3.8, 4) is 5.75 Å². The van der Waals surface area contributed by atoms with E-state index in [0.29, 0.717) is 21.4 Å². The molecule has 0 saturated heterocycles. The van der Waals surface area contributed by atoms with E-state index in [0.717, 1.165) is 9.99 Å². The summed E-state index contributed by atoms with van der Waals surface area (Å²) in [6.45, 7) is 5.48. The van der Waals surface area contributed by atoms with Crippen molar-refractivity contribution in [2.24, 2.45) is 0 Å². The third-order valence-electron chi connectivity index (χ3n) is 4.73. The van der Waals surface area contributed by atoms with Crippen LogP contribution < -0.4 is 10.1 Å². The first-order valence-electron chi connectivity index (χ1n) is 9.64. The van der Waals surface area contributed by atoms with E-state index in [1.165, 1.54) is 4.90 Å². The third kappa shape index (κ3) is 7.03. The lowest BCUT2D eigenvalue weighted by molar-refractivity contribution is -0.142. The second-order valence-electron chi connectivity index (χ2n) is 6.96. The van der Waals surface area contributed by atoms with E-state index in [1.54, 1.807) is 37.3 Å². The van der Waals surface area contributed by atoms with Crippen molar-refractivity contribution in [2.45, 2.75) is 45.8 Å². The van der Waals surface area contributed by atoms with Crippen molar-refractivity contribution < 1.29 is 14.3 Å². The zero-order valence-electron chi connectivity index (χ0n) is 17.1. The second kappa shape index (κ2) is 11.8. The molecule has 0 spiro atoms. The lowest BCUT2D eigenvalue weighted by atomic mass is 10.1. The molecule has 0 radical (unpaired) electrons. The van der Waals surface area contributed by atoms with Crippen LogP contribution in [-0.4, -0.2) is 35.4 Å². The number of ether oxygens (including phenoxy) is 1. The normalized spacial score (nSPS) is 12.7. The van der Waals surface area contributed by atoms with E-state index in [-0.39, 0.29) is 31.0 Å². The molecule has 0 aliphatic rings. The van der Waals surface area contributed by atoms with Crippen LogP contribution in [0.1, 0.15) is 32.8 Å². The SMILES string of the molecule is CC[C@@H](C)NC(=O)[C@H](C)N(Cc1c(Cl)cccc1Cl)C(=O)COc1ccc(I)cc1. The van der Waals surface area contributed by atoms with Crippen molar-refractivity contribution in [1.82, 2.24) is 10.2 Å². The highest BCUT2D eigenvalue weighted by Gasteiger charge is 2.28. The number of benzene rings is 2. The molecule has 0 unspecified atom stereocenters. The van der Waals surface area contributed by atoms with E-state index in [9.17, 15) is 9.59 Å². The van der Waals surface area contributed by atoms with Crippen molar-refractivity contribution in [2.75, 3.05) is 6.61 Å². The molecule has 0 aromatic heterocycles. The van der Waals surface area contributed by atoms with Crippen LogP contribution in [0.2, 0.25) is 10.0 Å². The number of nitrogens with one attached hydrogen (secondary N) is 1. The second-order valence-corrected chi connectivity index (χ2v) is 9.02. The van der Waals surface area contributed by atoms with Crippen LogP contribution in [0, 0.1) is 3.57 Å². The molecular formula is C22H25Cl2IN2O3. The van der Waals surface area contributed by atoms with Crippen LogP contribution in [0.25, 0.3) is 0 Å². The first kappa shape index (κ1) is 24.8. The number of hydrogen-bond donors (Lipinski definition) is 1. The lowest BCUT2D eigenvalue weighted by Crippen LogP contribution is -2.50. The van der Waals surface area contributed by atoms with E-state index in [4.69, 9.17) is 27.9 Å². The number of rotatable bonds is 9. The van der Waals surface area contributed by atoms with Crippen molar-refractivity contribution in [3.63, 3.8) is 0 Å². The van der Waals surface area contributed by atoms with E-state index >= 15 is 0 Å². The Morgan fingerprint density at radius 3 is 2.27 bits per heavy atom. The fourth-order valence-electron chi connectivity index (χ4n) is 2.66. The zero-order chi connectivity index (χ0) is 22.3. The maximum Gasteiger partial charge on any atom is 0.261 e. The Balaban J connectivity index is 2.21. The molecular weight excluding hydrogens is 538 g/mol. The summed E-state index contributed by atoms with van der Waals surface area (Å²) in [6, 6.07) is 11.8. The van der Waals surface area contributed by atoms with Gasteiger partial charge in [0.2, 0.25) is 5.91 Å². The van der Waals surface area contributed by atoms with Gasteiger partial charge in [-0.25, -0.2) is 0 Å². The number of amides is 2. The first-order valence-corrected chi connectivity index (χ1v) is 11.5. The van der Waals surface area contributed by atoms with Gasteiger partial charge in [0.25, 0.3) is 5.91 Å². The zero-order valence-corrected chi connectivity index (χ0v) is 20.8. The molecule has 0 bridgehead atoms. The monoisotopic (exact) mass is 562 g/mol. The number of carbonyl (C=O) groups is 2. The highest BCUT2D eigenvalue weighted by atomic mass is 127. The predicted octanol–water partition coefficient (Wildman–Crippen LogP) is 5.31. The summed E-state index contributed by atoms with van der Waals surface area (Å²) >= 11 is 14.8.